The Balaban J connectivity index is 2.48. The van der Waals surface area contributed by atoms with Gasteiger partial charge >= 0.3 is 0 Å². The van der Waals surface area contributed by atoms with Crippen LogP contribution in [0.4, 0.5) is 10.1 Å². The highest BCUT2D eigenvalue weighted by Crippen LogP contribution is 2.33. The number of anilines is 1. The number of nitrogens with zero attached hydrogens (tertiary/aromatic N) is 1. The van der Waals surface area contributed by atoms with Crippen LogP contribution in [0.3, 0.4) is 0 Å². The van der Waals surface area contributed by atoms with Crippen LogP contribution >= 0.6 is 23.2 Å². The van der Waals surface area contributed by atoms with E-state index in [0.29, 0.717) is 0 Å². The monoisotopic (exact) mass is 261 g/mol. The van der Waals surface area contributed by atoms with Crippen molar-refractivity contribution in [3.8, 4) is 0 Å². The van der Waals surface area contributed by atoms with Crippen molar-refractivity contribution < 1.29 is 14.0 Å². The third-order valence-electron chi connectivity index (χ3n) is 2.24. The number of rotatable bonds is 1. The maximum Gasteiger partial charge on any atom is 0.235 e. The van der Waals surface area contributed by atoms with Crippen molar-refractivity contribution in [2.24, 2.45) is 0 Å². The predicted molar refractivity (Wildman–Crippen MR) is 58.4 cm³/mol. The highest BCUT2D eigenvalue weighted by atomic mass is 35.5. The number of carbonyl (C=O) groups excluding carboxylic acids is 2. The van der Waals surface area contributed by atoms with Gasteiger partial charge in [0.1, 0.15) is 5.82 Å². The van der Waals surface area contributed by atoms with Crippen molar-refractivity contribution in [3.63, 3.8) is 0 Å². The SMILES string of the molecule is O=C1CC(=O)N(c2c(F)cc(Cl)cc2Cl)C1. The zero-order valence-electron chi connectivity index (χ0n) is 7.97. The molecule has 1 aromatic rings. The molecule has 1 heterocycles. The molecule has 0 aromatic heterocycles. The van der Waals surface area contributed by atoms with Crippen LogP contribution in [0.25, 0.3) is 0 Å². The molecule has 1 aliphatic heterocycles. The van der Waals surface area contributed by atoms with Gasteiger partial charge < -0.3 is 4.90 Å². The molecule has 1 amide bonds. The maximum atomic E-state index is 13.6. The van der Waals surface area contributed by atoms with Crippen molar-refractivity contribution in [1.82, 2.24) is 0 Å². The number of carbonyl (C=O) groups is 2. The normalized spacial score (nSPS) is 16.1. The standard InChI is InChI=1S/C10H6Cl2FNO2/c11-5-1-7(12)10(8(13)2-5)14-4-6(15)3-9(14)16/h1-2H,3-4H2. The first kappa shape index (κ1) is 11.4. The summed E-state index contributed by atoms with van der Waals surface area (Å²) in [6.07, 6.45) is -0.210. The number of hydrogen-bond acceptors (Lipinski definition) is 2. The smallest absolute Gasteiger partial charge is 0.235 e. The molecular formula is C10H6Cl2FNO2. The van der Waals surface area contributed by atoms with Gasteiger partial charge in [-0.25, -0.2) is 4.39 Å². The predicted octanol–water partition coefficient (Wildman–Crippen LogP) is 2.44. The Bertz CT molecular complexity index is 467. The first-order valence-corrected chi connectivity index (χ1v) is 5.21. The lowest BCUT2D eigenvalue weighted by Crippen LogP contribution is -2.25. The van der Waals surface area contributed by atoms with Gasteiger partial charge in [-0.15, -0.1) is 0 Å². The average molecular weight is 262 g/mol. The van der Waals surface area contributed by atoms with Crippen LogP contribution in [0, 0.1) is 5.82 Å². The van der Waals surface area contributed by atoms with Crippen LogP contribution in [-0.2, 0) is 9.59 Å². The van der Waals surface area contributed by atoms with Crippen LogP contribution in [0.15, 0.2) is 12.1 Å². The second kappa shape index (κ2) is 4.03. The van der Waals surface area contributed by atoms with Crippen molar-refractivity contribution in [2.75, 3.05) is 11.4 Å². The Hall–Kier alpha value is -1.13. The second-order valence-electron chi connectivity index (χ2n) is 3.41. The highest BCUT2D eigenvalue weighted by Gasteiger charge is 2.31. The molecule has 1 aliphatic rings. The number of halogens is 3. The summed E-state index contributed by atoms with van der Waals surface area (Å²) >= 11 is 11.4. The Morgan fingerprint density at radius 3 is 2.44 bits per heavy atom. The fourth-order valence-corrected chi connectivity index (χ4v) is 2.15. The van der Waals surface area contributed by atoms with Crippen molar-refractivity contribution in [3.05, 3.63) is 28.0 Å². The molecule has 1 saturated heterocycles. The average Bonchev–Trinajstić information content (AvgIpc) is 2.43. The van der Waals surface area contributed by atoms with Gasteiger partial charge in [0.2, 0.25) is 5.91 Å². The minimum absolute atomic E-state index is 0.0213. The Morgan fingerprint density at radius 2 is 1.94 bits per heavy atom. The number of benzene rings is 1. The maximum absolute atomic E-state index is 13.6. The van der Waals surface area contributed by atoms with E-state index < -0.39 is 11.7 Å². The summed E-state index contributed by atoms with van der Waals surface area (Å²) in [5.41, 5.74) is -0.0816. The third kappa shape index (κ3) is 1.90. The highest BCUT2D eigenvalue weighted by molar-refractivity contribution is 6.37. The van der Waals surface area contributed by atoms with Gasteiger partial charge in [-0.05, 0) is 12.1 Å². The minimum Gasteiger partial charge on any atom is -0.301 e. The molecular weight excluding hydrogens is 256 g/mol. The molecule has 0 saturated carbocycles. The molecule has 0 N–H and O–H groups in total. The van der Waals surface area contributed by atoms with E-state index >= 15 is 0 Å². The summed E-state index contributed by atoms with van der Waals surface area (Å²) in [5.74, 6) is -1.41. The van der Waals surface area contributed by atoms with Crippen LogP contribution < -0.4 is 4.90 Å². The lowest BCUT2D eigenvalue weighted by atomic mass is 10.3. The van der Waals surface area contributed by atoms with Crippen LogP contribution in [0.1, 0.15) is 6.42 Å². The van der Waals surface area contributed by atoms with E-state index in [1.54, 1.807) is 0 Å². The number of amides is 1. The van der Waals surface area contributed by atoms with Crippen LogP contribution in [0.5, 0.6) is 0 Å². The number of hydrogen-bond donors (Lipinski definition) is 0. The molecule has 0 bridgehead atoms. The fraction of sp³-hybridized carbons (Fsp3) is 0.200. The van der Waals surface area contributed by atoms with E-state index in [4.69, 9.17) is 23.2 Å². The Morgan fingerprint density at radius 1 is 1.25 bits per heavy atom. The van der Waals surface area contributed by atoms with E-state index in [9.17, 15) is 14.0 Å². The van der Waals surface area contributed by atoms with Gasteiger partial charge in [0.05, 0.1) is 23.7 Å². The molecule has 0 atom stereocenters. The summed E-state index contributed by atoms with van der Waals surface area (Å²) < 4.78 is 13.6. The molecule has 16 heavy (non-hydrogen) atoms. The van der Waals surface area contributed by atoms with E-state index in [0.717, 1.165) is 11.0 Å². The van der Waals surface area contributed by atoms with E-state index in [-0.39, 0.29) is 34.5 Å². The van der Waals surface area contributed by atoms with E-state index in [1.807, 2.05) is 0 Å². The topological polar surface area (TPSA) is 37.4 Å². The summed E-state index contributed by atoms with van der Waals surface area (Å²) in [5, 5.41) is 0.164. The van der Waals surface area contributed by atoms with Crippen molar-refractivity contribution in [2.45, 2.75) is 6.42 Å². The third-order valence-corrected chi connectivity index (χ3v) is 2.74. The number of Topliss-reactive ketones (excluding diaryl/α,β-unsaturated/α-hetero) is 1. The molecule has 6 heteroatoms. The van der Waals surface area contributed by atoms with Crippen LogP contribution in [0.2, 0.25) is 10.0 Å². The quantitative estimate of drug-likeness (QED) is 0.729. The summed E-state index contributed by atoms with van der Waals surface area (Å²) in [6.45, 7) is -0.142. The molecule has 0 unspecified atom stereocenters. The van der Waals surface area contributed by atoms with Crippen molar-refractivity contribution >= 4 is 40.6 Å². The summed E-state index contributed by atoms with van der Waals surface area (Å²) in [6, 6.07) is 2.39. The molecule has 0 radical (unpaired) electrons. The van der Waals surface area contributed by atoms with Gasteiger partial charge in [-0.2, -0.15) is 0 Å². The number of ketones is 1. The van der Waals surface area contributed by atoms with Gasteiger partial charge in [-0.1, -0.05) is 23.2 Å². The zero-order valence-corrected chi connectivity index (χ0v) is 9.48. The van der Waals surface area contributed by atoms with E-state index in [2.05, 4.69) is 0 Å². The fourth-order valence-electron chi connectivity index (χ4n) is 1.58. The van der Waals surface area contributed by atoms with Crippen LogP contribution in [-0.4, -0.2) is 18.2 Å². The lowest BCUT2D eigenvalue weighted by molar-refractivity contribution is -0.121. The molecule has 1 fully saturated rings. The van der Waals surface area contributed by atoms with Gasteiger partial charge in [0.25, 0.3) is 0 Å². The molecule has 0 spiro atoms. The lowest BCUT2D eigenvalue weighted by Gasteiger charge is -2.17. The first-order chi connectivity index (χ1) is 7.49. The van der Waals surface area contributed by atoms with Crippen molar-refractivity contribution in [1.29, 1.82) is 0 Å². The molecule has 3 nitrogen and oxygen atoms in total. The summed E-state index contributed by atoms with van der Waals surface area (Å²) in [4.78, 5) is 23.5. The first-order valence-electron chi connectivity index (χ1n) is 4.45. The van der Waals surface area contributed by atoms with Gasteiger partial charge in [0, 0.05) is 5.02 Å². The van der Waals surface area contributed by atoms with Gasteiger partial charge in [0.15, 0.2) is 5.78 Å². The summed E-state index contributed by atoms with van der Waals surface area (Å²) in [7, 11) is 0. The molecule has 2 rings (SSSR count). The molecule has 84 valence electrons. The second-order valence-corrected chi connectivity index (χ2v) is 4.26. The Labute approximate surface area is 101 Å². The largest absolute Gasteiger partial charge is 0.301 e. The van der Waals surface area contributed by atoms with E-state index in [1.165, 1.54) is 6.07 Å². The van der Waals surface area contributed by atoms with Gasteiger partial charge in [-0.3, -0.25) is 9.59 Å². The Kier molecular flexibility index (Phi) is 2.86. The minimum atomic E-state index is -0.708. The molecule has 1 aromatic carbocycles. The zero-order chi connectivity index (χ0) is 11.9. The molecule has 0 aliphatic carbocycles.